The SMILES string of the molecule is Nc1c(S(=O)C2CCC2)sc2nc(-c3cncnc3)cc(-c3cccnc3)c12. The highest BCUT2D eigenvalue weighted by molar-refractivity contribution is 7.88. The van der Waals surface area contributed by atoms with Crippen molar-refractivity contribution < 1.29 is 4.21 Å². The zero-order valence-corrected chi connectivity index (χ0v) is 16.5. The molecular weight excluding hydrogens is 390 g/mol. The molecule has 0 spiro atoms. The van der Waals surface area contributed by atoms with Crippen molar-refractivity contribution in [2.75, 3.05) is 5.73 Å². The van der Waals surface area contributed by atoms with Gasteiger partial charge in [0.25, 0.3) is 0 Å². The fraction of sp³-hybridized carbons (Fsp3) is 0.200. The van der Waals surface area contributed by atoms with E-state index in [1.807, 2.05) is 18.2 Å². The van der Waals surface area contributed by atoms with Crippen LogP contribution in [-0.4, -0.2) is 29.4 Å². The van der Waals surface area contributed by atoms with E-state index >= 15 is 0 Å². The first-order valence-corrected chi connectivity index (χ1v) is 11.0. The van der Waals surface area contributed by atoms with Gasteiger partial charge in [0, 0.05) is 46.6 Å². The van der Waals surface area contributed by atoms with Crippen LogP contribution in [-0.2, 0) is 10.8 Å². The number of hydrogen-bond acceptors (Lipinski definition) is 7. The Morgan fingerprint density at radius 2 is 1.89 bits per heavy atom. The molecule has 1 aliphatic rings. The normalized spacial score (nSPS) is 15.4. The molecule has 0 aromatic carbocycles. The molecule has 1 saturated carbocycles. The number of nitrogens with zero attached hydrogens (tertiary/aromatic N) is 4. The third-order valence-electron chi connectivity index (χ3n) is 5.03. The average molecular weight is 408 g/mol. The highest BCUT2D eigenvalue weighted by Crippen LogP contribution is 2.44. The lowest BCUT2D eigenvalue weighted by Gasteiger charge is -2.23. The van der Waals surface area contributed by atoms with Gasteiger partial charge in [-0.25, -0.2) is 15.0 Å². The Hall–Kier alpha value is -2.71. The Morgan fingerprint density at radius 1 is 1.11 bits per heavy atom. The van der Waals surface area contributed by atoms with Crippen molar-refractivity contribution in [3.05, 3.63) is 49.3 Å². The van der Waals surface area contributed by atoms with Crippen LogP contribution >= 0.6 is 11.3 Å². The summed E-state index contributed by atoms with van der Waals surface area (Å²) in [5, 5.41) is 1.06. The van der Waals surface area contributed by atoms with Crippen LogP contribution in [0.5, 0.6) is 0 Å². The topological polar surface area (TPSA) is 94.7 Å². The van der Waals surface area contributed by atoms with Crippen LogP contribution in [0.4, 0.5) is 5.69 Å². The first-order valence-electron chi connectivity index (χ1n) is 9.02. The zero-order valence-electron chi connectivity index (χ0n) is 14.9. The number of thiophene rings is 1. The summed E-state index contributed by atoms with van der Waals surface area (Å²) in [6, 6.07) is 5.87. The lowest BCUT2D eigenvalue weighted by Crippen LogP contribution is -2.23. The summed E-state index contributed by atoms with van der Waals surface area (Å²) in [7, 11) is -1.09. The molecule has 2 N–H and O–H groups in total. The fourth-order valence-electron chi connectivity index (χ4n) is 3.32. The highest BCUT2D eigenvalue weighted by Gasteiger charge is 2.29. The van der Waals surface area contributed by atoms with Gasteiger partial charge < -0.3 is 5.73 Å². The number of nitrogens with two attached hydrogens (primary N) is 1. The second-order valence-corrected chi connectivity index (χ2v) is 9.68. The van der Waals surface area contributed by atoms with E-state index in [-0.39, 0.29) is 5.25 Å². The summed E-state index contributed by atoms with van der Waals surface area (Å²) in [6.45, 7) is 0. The predicted octanol–water partition coefficient (Wildman–Crippen LogP) is 4.06. The largest absolute Gasteiger partial charge is 0.396 e. The van der Waals surface area contributed by atoms with Crippen molar-refractivity contribution in [1.29, 1.82) is 0 Å². The summed E-state index contributed by atoms with van der Waals surface area (Å²) < 4.78 is 13.7. The van der Waals surface area contributed by atoms with Crippen molar-refractivity contribution in [1.82, 2.24) is 19.9 Å². The fourth-order valence-corrected chi connectivity index (χ4v) is 6.53. The van der Waals surface area contributed by atoms with E-state index in [2.05, 4.69) is 15.0 Å². The summed E-state index contributed by atoms with van der Waals surface area (Å²) in [5.41, 5.74) is 10.5. The molecule has 4 heterocycles. The lowest BCUT2D eigenvalue weighted by molar-refractivity contribution is 0.505. The van der Waals surface area contributed by atoms with Crippen LogP contribution in [0.3, 0.4) is 0 Å². The van der Waals surface area contributed by atoms with Crippen LogP contribution in [0, 0.1) is 0 Å². The van der Waals surface area contributed by atoms with Crippen molar-refractivity contribution in [3.63, 3.8) is 0 Å². The Labute approximate surface area is 168 Å². The van der Waals surface area contributed by atoms with Gasteiger partial charge in [0.05, 0.1) is 22.2 Å². The Bertz CT molecular complexity index is 1170. The predicted molar refractivity (Wildman–Crippen MR) is 112 cm³/mol. The summed E-state index contributed by atoms with van der Waals surface area (Å²) >= 11 is 1.43. The molecule has 1 aliphatic carbocycles. The van der Waals surface area contributed by atoms with Gasteiger partial charge in [-0.05, 0) is 30.5 Å². The molecule has 0 aliphatic heterocycles. The molecule has 0 amide bonds. The van der Waals surface area contributed by atoms with E-state index in [0.29, 0.717) is 5.69 Å². The molecule has 1 unspecified atom stereocenters. The molecule has 0 saturated heterocycles. The van der Waals surface area contributed by atoms with E-state index in [4.69, 9.17) is 10.7 Å². The number of anilines is 1. The van der Waals surface area contributed by atoms with E-state index in [0.717, 1.165) is 56.1 Å². The van der Waals surface area contributed by atoms with Gasteiger partial charge in [-0.15, -0.1) is 11.3 Å². The molecule has 4 aromatic heterocycles. The average Bonchev–Trinajstić information content (AvgIpc) is 3.04. The maximum absolute atomic E-state index is 13.0. The molecule has 6 nitrogen and oxygen atoms in total. The molecule has 140 valence electrons. The molecule has 0 radical (unpaired) electrons. The van der Waals surface area contributed by atoms with Gasteiger partial charge in [0.2, 0.25) is 0 Å². The molecule has 4 aromatic rings. The Kier molecular flexibility index (Phi) is 4.37. The molecule has 5 rings (SSSR count). The minimum atomic E-state index is -1.09. The number of nitrogen functional groups attached to an aromatic ring is 1. The summed E-state index contributed by atoms with van der Waals surface area (Å²) in [4.78, 5) is 18.0. The third kappa shape index (κ3) is 2.89. The first-order chi connectivity index (χ1) is 13.7. The number of hydrogen-bond donors (Lipinski definition) is 1. The van der Waals surface area contributed by atoms with Crippen molar-refractivity contribution >= 4 is 38.0 Å². The van der Waals surface area contributed by atoms with E-state index in [9.17, 15) is 4.21 Å². The lowest BCUT2D eigenvalue weighted by atomic mass is 10.00. The van der Waals surface area contributed by atoms with E-state index < -0.39 is 10.8 Å². The van der Waals surface area contributed by atoms with Gasteiger partial charge >= 0.3 is 0 Å². The van der Waals surface area contributed by atoms with Crippen molar-refractivity contribution in [2.45, 2.75) is 28.7 Å². The number of rotatable bonds is 4. The quantitative estimate of drug-likeness (QED) is 0.548. The smallest absolute Gasteiger partial charge is 0.127 e. The number of aromatic nitrogens is 4. The summed E-state index contributed by atoms with van der Waals surface area (Å²) in [5.74, 6) is 0. The molecule has 1 atom stereocenters. The second kappa shape index (κ2) is 7.03. The molecule has 8 heteroatoms. The van der Waals surface area contributed by atoms with Gasteiger partial charge in [-0.2, -0.15) is 0 Å². The van der Waals surface area contributed by atoms with Crippen molar-refractivity contribution in [2.24, 2.45) is 0 Å². The van der Waals surface area contributed by atoms with Crippen LogP contribution in [0.15, 0.2) is 53.5 Å². The summed E-state index contributed by atoms with van der Waals surface area (Å²) in [6.07, 6.45) is 11.6. The standard InChI is InChI=1S/C20H17N5OS2/c21-18-17-15(12-3-2-6-22-8-12)7-16(13-9-23-11-24-10-13)25-19(17)27-20(18)28(26)14-4-1-5-14/h2-3,6-11,14H,1,4-5,21H2. The minimum Gasteiger partial charge on any atom is -0.396 e. The minimum absolute atomic E-state index is 0.208. The van der Waals surface area contributed by atoms with Crippen LogP contribution < -0.4 is 5.73 Å². The molecule has 1 fully saturated rings. The van der Waals surface area contributed by atoms with E-state index in [1.54, 1.807) is 24.8 Å². The van der Waals surface area contributed by atoms with Crippen LogP contribution in [0.2, 0.25) is 0 Å². The number of pyridine rings is 2. The van der Waals surface area contributed by atoms with Gasteiger partial charge in [-0.3, -0.25) is 9.19 Å². The van der Waals surface area contributed by atoms with Gasteiger partial charge in [0.1, 0.15) is 15.4 Å². The van der Waals surface area contributed by atoms with Gasteiger partial charge in [0.15, 0.2) is 0 Å². The third-order valence-corrected chi connectivity index (χ3v) is 8.33. The maximum atomic E-state index is 13.0. The first kappa shape index (κ1) is 17.4. The van der Waals surface area contributed by atoms with Crippen LogP contribution in [0.25, 0.3) is 32.6 Å². The maximum Gasteiger partial charge on any atom is 0.127 e. The second-order valence-electron chi connectivity index (χ2n) is 6.76. The molecule has 0 bridgehead atoms. The van der Waals surface area contributed by atoms with Crippen LogP contribution in [0.1, 0.15) is 19.3 Å². The Balaban J connectivity index is 1.76. The molecular formula is C20H17N5OS2. The monoisotopic (exact) mass is 407 g/mol. The Morgan fingerprint density at radius 3 is 2.57 bits per heavy atom. The zero-order chi connectivity index (χ0) is 19.1. The van der Waals surface area contributed by atoms with E-state index in [1.165, 1.54) is 17.7 Å². The van der Waals surface area contributed by atoms with Gasteiger partial charge in [-0.1, -0.05) is 12.5 Å². The molecule has 28 heavy (non-hydrogen) atoms. The number of fused-ring (bicyclic) bond motifs is 1. The van der Waals surface area contributed by atoms with Crippen molar-refractivity contribution in [3.8, 4) is 22.4 Å². The highest BCUT2D eigenvalue weighted by atomic mass is 32.2.